The average Bonchev–Trinajstić information content (AvgIpc) is 2.79. The zero-order valence-corrected chi connectivity index (χ0v) is 13.9. The van der Waals surface area contributed by atoms with Crippen LogP contribution in [0.3, 0.4) is 0 Å². The van der Waals surface area contributed by atoms with Gasteiger partial charge in [-0.1, -0.05) is 32.4 Å². The Hall–Kier alpha value is -1.62. The lowest BCUT2D eigenvalue weighted by Gasteiger charge is -2.32. The van der Waals surface area contributed by atoms with Crippen LogP contribution in [0, 0.1) is 5.41 Å². The molecule has 2 aromatic rings. The highest BCUT2D eigenvalue weighted by molar-refractivity contribution is 6.31. The molecule has 1 aromatic heterocycles. The van der Waals surface area contributed by atoms with Crippen molar-refractivity contribution in [3.05, 3.63) is 23.2 Å². The lowest BCUT2D eigenvalue weighted by atomic mass is 9.82. The van der Waals surface area contributed by atoms with E-state index in [0.29, 0.717) is 16.5 Å². The van der Waals surface area contributed by atoms with E-state index < -0.39 is 0 Å². The van der Waals surface area contributed by atoms with Gasteiger partial charge in [0.2, 0.25) is 0 Å². The summed E-state index contributed by atoms with van der Waals surface area (Å²) in [6.45, 7) is 10.9. The number of hydrogen-bond acceptors (Lipinski definition) is 4. The number of tetrazole rings is 1. The van der Waals surface area contributed by atoms with Gasteiger partial charge in [0.25, 0.3) is 0 Å². The van der Waals surface area contributed by atoms with Crippen LogP contribution in [0.2, 0.25) is 5.02 Å². The fourth-order valence-corrected chi connectivity index (χ4v) is 3.03. The standard InChI is InChI=1S/C15H22ClN5/c1-14(2,3)9-15(4,5)21-13(18-19-20-21)11-8-10(16)6-7-12(11)17/h6-8H,9,17H2,1-5H3. The van der Waals surface area contributed by atoms with Crippen molar-refractivity contribution in [1.82, 2.24) is 20.2 Å². The highest BCUT2D eigenvalue weighted by Gasteiger charge is 2.31. The number of rotatable bonds is 3. The number of nitrogens with zero attached hydrogens (tertiary/aromatic N) is 4. The highest BCUT2D eigenvalue weighted by Crippen LogP contribution is 2.35. The van der Waals surface area contributed by atoms with Gasteiger partial charge in [0.1, 0.15) is 0 Å². The van der Waals surface area contributed by atoms with Gasteiger partial charge in [-0.2, -0.15) is 0 Å². The maximum Gasteiger partial charge on any atom is 0.184 e. The molecule has 0 aliphatic rings. The van der Waals surface area contributed by atoms with Crippen molar-refractivity contribution in [2.75, 3.05) is 5.73 Å². The SMILES string of the molecule is CC(C)(C)CC(C)(C)n1nnnc1-c1cc(Cl)ccc1N. The van der Waals surface area contributed by atoms with Gasteiger partial charge in [-0.25, -0.2) is 4.68 Å². The summed E-state index contributed by atoms with van der Waals surface area (Å²) in [5.74, 6) is 0.643. The van der Waals surface area contributed by atoms with Gasteiger partial charge in [-0.3, -0.25) is 0 Å². The van der Waals surface area contributed by atoms with Gasteiger partial charge in [0.15, 0.2) is 5.82 Å². The molecule has 0 amide bonds. The first kappa shape index (κ1) is 15.8. The molecule has 21 heavy (non-hydrogen) atoms. The van der Waals surface area contributed by atoms with Crippen molar-refractivity contribution in [2.45, 2.75) is 46.6 Å². The summed E-state index contributed by atoms with van der Waals surface area (Å²) in [7, 11) is 0. The third-order valence-electron chi connectivity index (χ3n) is 3.26. The van der Waals surface area contributed by atoms with E-state index in [1.54, 1.807) is 18.2 Å². The Kier molecular flexibility index (Phi) is 3.97. The Morgan fingerprint density at radius 3 is 2.48 bits per heavy atom. The Bertz CT molecular complexity index is 640. The second-order valence-electron chi connectivity index (χ2n) is 7.20. The summed E-state index contributed by atoms with van der Waals surface area (Å²) in [4.78, 5) is 0. The molecule has 0 radical (unpaired) electrons. The Morgan fingerprint density at radius 2 is 1.86 bits per heavy atom. The minimum atomic E-state index is -0.230. The normalized spacial score (nSPS) is 12.7. The van der Waals surface area contributed by atoms with E-state index in [2.05, 4.69) is 50.1 Å². The molecule has 0 saturated carbocycles. The number of nitrogen functional groups attached to an aromatic ring is 1. The van der Waals surface area contributed by atoms with Gasteiger partial charge in [0.05, 0.1) is 5.54 Å². The van der Waals surface area contributed by atoms with Crippen LogP contribution in [0.25, 0.3) is 11.4 Å². The summed E-state index contributed by atoms with van der Waals surface area (Å²) in [5, 5.41) is 12.8. The molecule has 1 aromatic carbocycles. The molecular formula is C15H22ClN5. The Labute approximate surface area is 130 Å². The molecule has 2 N–H and O–H groups in total. The Morgan fingerprint density at radius 1 is 1.19 bits per heavy atom. The molecule has 0 aliphatic heterocycles. The first-order valence-corrected chi connectivity index (χ1v) is 7.32. The van der Waals surface area contributed by atoms with Crippen molar-refractivity contribution in [3.8, 4) is 11.4 Å². The number of aromatic nitrogens is 4. The summed E-state index contributed by atoms with van der Waals surface area (Å²) in [5.41, 5.74) is 7.35. The van der Waals surface area contributed by atoms with Gasteiger partial charge < -0.3 is 5.73 Å². The fraction of sp³-hybridized carbons (Fsp3) is 0.533. The van der Waals surface area contributed by atoms with E-state index in [0.717, 1.165) is 12.0 Å². The van der Waals surface area contributed by atoms with Gasteiger partial charge in [0, 0.05) is 16.3 Å². The minimum Gasteiger partial charge on any atom is -0.398 e. The molecule has 1 heterocycles. The van der Waals surface area contributed by atoms with E-state index in [-0.39, 0.29) is 11.0 Å². The maximum absolute atomic E-state index is 6.07. The summed E-state index contributed by atoms with van der Waals surface area (Å²) >= 11 is 6.07. The van der Waals surface area contributed by atoms with Crippen LogP contribution < -0.4 is 5.73 Å². The number of halogens is 1. The molecule has 2 rings (SSSR count). The zero-order chi connectivity index (χ0) is 15.8. The van der Waals surface area contributed by atoms with E-state index in [1.807, 2.05) is 4.68 Å². The molecule has 0 aliphatic carbocycles. The molecule has 0 saturated heterocycles. The summed E-state index contributed by atoms with van der Waals surface area (Å²) in [6.07, 6.45) is 0.929. The van der Waals surface area contributed by atoms with Gasteiger partial charge in [-0.15, -0.1) is 5.10 Å². The molecular weight excluding hydrogens is 286 g/mol. The van der Waals surface area contributed by atoms with Crippen LogP contribution in [0.4, 0.5) is 5.69 Å². The quantitative estimate of drug-likeness (QED) is 0.877. The van der Waals surface area contributed by atoms with E-state index in [4.69, 9.17) is 17.3 Å². The van der Waals surface area contributed by atoms with Crippen molar-refractivity contribution in [2.24, 2.45) is 5.41 Å². The lowest BCUT2D eigenvalue weighted by Crippen LogP contribution is -2.33. The Balaban J connectivity index is 2.50. The van der Waals surface area contributed by atoms with Crippen LogP contribution in [0.15, 0.2) is 18.2 Å². The number of hydrogen-bond donors (Lipinski definition) is 1. The largest absolute Gasteiger partial charge is 0.398 e. The topological polar surface area (TPSA) is 69.6 Å². The van der Waals surface area contributed by atoms with Crippen LogP contribution in [-0.2, 0) is 5.54 Å². The number of nitrogens with two attached hydrogens (primary N) is 1. The third kappa shape index (κ3) is 3.53. The molecule has 0 unspecified atom stereocenters. The average molecular weight is 308 g/mol. The summed E-state index contributed by atoms with van der Waals surface area (Å²) in [6, 6.07) is 5.33. The second kappa shape index (κ2) is 5.30. The molecule has 0 fully saturated rings. The van der Waals surface area contributed by atoms with E-state index in [1.165, 1.54) is 0 Å². The molecule has 114 valence electrons. The first-order chi connectivity index (χ1) is 9.60. The molecule has 0 spiro atoms. The number of anilines is 1. The first-order valence-electron chi connectivity index (χ1n) is 6.94. The van der Waals surface area contributed by atoms with Crippen LogP contribution in [0.1, 0.15) is 41.0 Å². The fourth-order valence-electron chi connectivity index (χ4n) is 2.86. The third-order valence-corrected chi connectivity index (χ3v) is 3.50. The van der Waals surface area contributed by atoms with Crippen molar-refractivity contribution >= 4 is 17.3 Å². The monoisotopic (exact) mass is 307 g/mol. The minimum absolute atomic E-state index is 0.159. The van der Waals surface area contributed by atoms with Gasteiger partial charge in [-0.05, 0) is 54.3 Å². The van der Waals surface area contributed by atoms with Crippen LogP contribution in [0.5, 0.6) is 0 Å². The zero-order valence-electron chi connectivity index (χ0n) is 13.2. The molecule has 0 bridgehead atoms. The predicted octanol–water partition coefficient (Wildman–Crippen LogP) is 3.75. The lowest BCUT2D eigenvalue weighted by molar-refractivity contribution is 0.197. The van der Waals surface area contributed by atoms with Crippen LogP contribution >= 0.6 is 11.6 Å². The van der Waals surface area contributed by atoms with Gasteiger partial charge >= 0.3 is 0 Å². The van der Waals surface area contributed by atoms with Crippen molar-refractivity contribution in [3.63, 3.8) is 0 Å². The molecule has 5 nitrogen and oxygen atoms in total. The predicted molar refractivity (Wildman–Crippen MR) is 86.1 cm³/mol. The van der Waals surface area contributed by atoms with Crippen molar-refractivity contribution < 1.29 is 0 Å². The number of benzene rings is 1. The maximum atomic E-state index is 6.07. The van der Waals surface area contributed by atoms with Crippen molar-refractivity contribution in [1.29, 1.82) is 0 Å². The van der Waals surface area contributed by atoms with Crippen LogP contribution in [-0.4, -0.2) is 20.2 Å². The van der Waals surface area contributed by atoms with E-state index in [9.17, 15) is 0 Å². The summed E-state index contributed by atoms with van der Waals surface area (Å²) < 4.78 is 1.83. The van der Waals surface area contributed by atoms with E-state index >= 15 is 0 Å². The molecule has 0 atom stereocenters. The smallest absolute Gasteiger partial charge is 0.184 e. The highest BCUT2D eigenvalue weighted by atomic mass is 35.5. The molecule has 6 heteroatoms. The second-order valence-corrected chi connectivity index (χ2v) is 7.63.